The number of hydrogen-bond donors (Lipinski definition) is 1. The molecule has 1 aromatic rings. The van der Waals surface area contributed by atoms with Gasteiger partial charge in [0.15, 0.2) is 0 Å². The van der Waals surface area contributed by atoms with Crippen LogP contribution in [0.4, 0.5) is 14.9 Å². The number of hydrogen-bond acceptors (Lipinski definition) is 1. The first-order valence-corrected chi connectivity index (χ1v) is 2.92. The molecule has 0 fully saturated rings. The van der Waals surface area contributed by atoms with E-state index in [0.717, 1.165) is 6.07 Å². The number of anilines is 1. The summed E-state index contributed by atoms with van der Waals surface area (Å²) < 4.78 is 12.6. The zero-order chi connectivity index (χ0) is 8.27. The molecule has 0 aliphatic rings. The molecule has 0 heterocycles. The van der Waals surface area contributed by atoms with Crippen molar-refractivity contribution in [1.82, 2.24) is 0 Å². The number of para-hydroxylation sites is 1. The molecule has 0 bridgehead atoms. The van der Waals surface area contributed by atoms with Crippen molar-refractivity contribution in [2.45, 2.75) is 0 Å². The van der Waals surface area contributed by atoms with Crippen molar-refractivity contribution >= 4 is 11.8 Å². The fourth-order valence-corrected chi connectivity index (χ4v) is 0.673. The predicted molar refractivity (Wildman–Crippen MR) is 36.1 cm³/mol. The second kappa shape index (κ2) is 3.01. The van der Waals surface area contributed by atoms with Crippen molar-refractivity contribution in [3.05, 3.63) is 30.1 Å². The number of rotatable bonds is 1. The summed E-state index contributed by atoms with van der Waals surface area (Å²) in [5.74, 6) is -0.614. The maximum absolute atomic E-state index is 12.6. The molecule has 4 heteroatoms. The van der Waals surface area contributed by atoms with Crippen LogP contribution in [0.15, 0.2) is 24.3 Å². The molecular formula is C7H5FNO2. The molecular weight excluding hydrogens is 149 g/mol. The van der Waals surface area contributed by atoms with Gasteiger partial charge in [-0.2, -0.15) is 0 Å². The van der Waals surface area contributed by atoms with Crippen molar-refractivity contribution in [2.24, 2.45) is 0 Å². The van der Waals surface area contributed by atoms with Crippen molar-refractivity contribution in [2.75, 3.05) is 5.32 Å². The molecule has 0 aliphatic carbocycles. The van der Waals surface area contributed by atoms with Gasteiger partial charge in [0.1, 0.15) is 5.82 Å². The number of halogens is 1. The highest BCUT2D eigenvalue weighted by Crippen LogP contribution is 2.11. The summed E-state index contributed by atoms with van der Waals surface area (Å²) in [6.07, 6.45) is -1.52. The Hall–Kier alpha value is -1.58. The first-order valence-electron chi connectivity index (χ1n) is 2.92. The van der Waals surface area contributed by atoms with Crippen molar-refractivity contribution < 1.29 is 14.3 Å². The number of nitrogens with one attached hydrogen (secondary N) is 1. The normalized spacial score (nSPS) is 9.18. The Morgan fingerprint density at radius 2 is 2.00 bits per heavy atom. The summed E-state index contributed by atoms with van der Waals surface area (Å²) in [5.41, 5.74) is -0.0903. The molecule has 0 unspecified atom stereocenters. The molecule has 0 saturated carbocycles. The topological polar surface area (TPSA) is 49.0 Å². The molecule has 1 aromatic carbocycles. The van der Waals surface area contributed by atoms with Crippen LogP contribution in [0.25, 0.3) is 0 Å². The van der Waals surface area contributed by atoms with Crippen LogP contribution in [0.1, 0.15) is 0 Å². The van der Waals surface area contributed by atoms with Gasteiger partial charge in [0.2, 0.25) is 0 Å². The SMILES string of the molecule is [O]C(=O)Nc1ccccc1F. The van der Waals surface area contributed by atoms with Crippen LogP contribution in [0.2, 0.25) is 0 Å². The molecule has 0 saturated heterocycles. The Morgan fingerprint density at radius 1 is 1.36 bits per heavy atom. The first kappa shape index (κ1) is 7.53. The van der Waals surface area contributed by atoms with E-state index >= 15 is 0 Å². The highest BCUT2D eigenvalue weighted by atomic mass is 19.1. The van der Waals surface area contributed by atoms with E-state index in [-0.39, 0.29) is 5.69 Å². The fourth-order valence-electron chi connectivity index (χ4n) is 0.673. The molecule has 11 heavy (non-hydrogen) atoms. The predicted octanol–water partition coefficient (Wildman–Crippen LogP) is 1.79. The van der Waals surface area contributed by atoms with Crippen LogP contribution < -0.4 is 5.32 Å². The van der Waals surface area contributed by atoms with Crippen LogP contribution in [0, 0.1) is 5.82 Å². The lowest BCUT2D eigenvalue weighted by Gasteiger charge is -1.98. The highest BCUT2D eigenvalue weighted by molar-refractivity contribution is 5.82. The number of carbonyl (C=O) groups is 1. The van der Waals surface area contributed by atoms with Crippen LogP contribution >= 0.6 is 0 Å². The number of amides is 1. The fraction of sp³-hybridized carbons (Fsp3) is 0. The average Bonchev–Trinajstić information content (AvgIpc) is 1.93. The van der Waals surface area contributed by atoms with Gasteiger partial charge in [-0.05, 0) is 12.1 Å². The zero-order valence-corrected chi connectivity index (χ0v) is 5.50. The van der Waals surface area contributed by atoms with E-state index in [1.807, 2.05) is 0 Å². The minimum absolute atomic E-state index is 0.0903. The van der Waals surface area contributed by atoms with Crippen molar-refractivity contribution in [3.8, 4) is 0 Å². The van der Waals surface area contributed by atoms with Gasteiger partial charge in [0, 0.05) is 0 Å². The van der Waals surface area contributed by atoms with Gasteiger partial charge in [-0.15, -0.1) is 0 Å². The molecule has 0 aliphatic heterocycles. The average molecular weight is 154 g/mol. The third-order valence-corrected chi connectivity index (χ3v) is 1.11. The monoisotopic (exact) mass is 154 g/mol. The van der Waals surface area contributed by atoms with Crippen LogP contribution in [-0.2, 0) is 5.11 Å². The van der Waals surface area contributed by atoms with E-state index in [2.05, 4.69) is 0 Å². The Labute approximate surface area is 62.5 Å². The lowest BCUT2D eigenvalue weighted by atomic mass is 10.3. The molecule has 0 spiro atoms. The quantitative estimate of drug-likeness (QED) is 0.658. The van der Waals surface area contributed by atoms with Gasteiger partial charge in [-0.3, -0.25) is 5.32 Å². The summed E-state index contributed by atoms with van der Waals surface area (Å²) in [7, 11) is 0. The summed E-state index contributed by atoms with van der Waals surface area (Å²) in [6, 6.07) is 5.46. The second-order valence-corrected chi connectivity index (χ2v) is 1.89. The third-order valence-electron chi connectivity index (χ3n) is 1.11. The number of benzene rings is 1. The van der Waals surface area contributed by atoms with Crippen LogP contribution in [-0.4, -0.2) is 6.09 Å². The lowest BCUT2D eigenvalue weighted by Crippen LogP contribution is -2.06. The zero-order valence-electron chi connectivity index (χ0n) is 5.50. The maximum atomic E-state index is 12.6. The van der Waals surface area contributed by atoms with Gasteiger partial charge in [-0.25, -0.2) is 14.3 Å². The van der Waals surface area contributed by atoms with Crippen molar-refractivity contribution in [1.29, 1.82) is 0 Å². The van der Waals surface area contributed by atoms with Gasteiger partial charge in [0.25, 0.3) is 0 Å². The molecule has 0 atom stereocenters. The van der Waals surface area contributed by atoms with Gasteiger partial charge >= 0.3 is 6.09 Å². The van der Waals surface area contributed by atoms with Gasteiger partial charge in [0.05, 0.1) is 5.69 Å². The smallest absolute Gasteiger partial charge is 0.285 e. The minimum Gasteiger partial charge on any atom is -0.285 e. The summed E-state index contributed by atoms with van der Waals surface area (Å²) >= 11 is 0. The van der Waals surface area contributed by atoms with Crippen molar-refractivity contribution in [3.63, 3.8) is 0 Å². The summed E-state index contributed by atoms with van der Waals surface area (Å²) in [5, 5.41) is 11.7. The Balaban J connectivity index is 2.86. The lowest BCUT2D eigenvalue weighted by molar-refractivity contribution is 0.185. The Bertz CT molecular complexity index is 275. The standard InChI is InChI=1S/C7H5FNO2/c8-5-3-1-2-4-6(5)9-7(10)11/h1-4,9H. The van der Waals surface area contributed by atoms with E-state index in [9.17, 15) is 14.3 Å². The second-order valence-electron chi connectivity index (χ2n) is 1.89. The van der Waals surface area contributed by atoms with Crippen LogP contribution in [0.5, 0.6) is 0 Å². The number of carbonyl (C=O) groups excluding carboxylic acids is 1. The van der Waals surface area contributed by atoms with Gasteiger partial charge < -0.3 is 0 Å². The van der Waals surface area contributed by atoms with Crippen LogP contribution in [0.3, 0.4) is 0 Å². The molecule has 1 N–H and O–H groups in total. The largest absolute Gasteiger partial charge is 0.455 e. The Morgan fingerprint density at radius 3 is 2.55 bits per heavy atom. The van der Waals surface area contributed by atoms with E-state index in [4.69, 9.17) is 0 Å². The van der Waals surface area contributed by atoms with E-state index < -0.39 is 11.9 Å². The summed E-state index contributed by atoms with van der Waals surface area (Å²) in [4.78, 5) is 9.93. The molecule has 1 radical (unpaired) electrons. The molecule has 0 aromatic heterocycles. The molecule has 3 nitrogen and oxygen atoms in total. The minimum atomic E-state index is -1.52. The first-order chi connectivity index (χ1) is 5.20. The van der Waals surface area contributed by atoms with E-state index in [1.54, 1.807) is 5.32 Å². The molecule has 1 amide bonds. The molecule has 1 rings (SSSR count). The summed E-state index contributed by atoms with van der Waals surface area (Å²) in [6.45, 7) is 0. The molecule has 57 valence electrons. The van der Waals surface area contributed by atoms with E-state index in [1.165, 1.54) is 18.2 Å². The highest BCUT2D eigenvalue weighted by Gasteiger charge is 2.03. The third kappa shape index (κ3) is 1.93. The van der Waals surface area contributed by atoms with E-state index in [0.29, 0.717) is 0 Å². The Kier molecular flexibility index (Phi) is 2.06. The van der Waals surface area contributed by atoms with Gasteiger partial charge in [-0.1, -0.05) is 12.1 Å². The maximum Gasteiger partial charge on any atom is 0.455 e.